The van der Waals surface area contributed by atoms with E-state index < -0.39 is 0 Å². The van der Waals surface area contributed by atoms with Crippen molar-refractivity contribution in [1.29, 1.82) is 0 Å². The van der Waals surface area contributed by atoms with Gasteiger partial charge in [-0.1, -0.05) is 6.07 Å². The minimum absolute atomic E-state index is 0.0147. The molecule has 4 nitrogen and oxygen atoms in total. The molecule has 0 bridgehead atoms. The Morgan fingerprint density at radius 2 is 2.56 bits per heavy atom. The van der Waals surface area contributed by atoms with Gasteiger partial charge in [0.2, 0.25) is 5.91 Å². The number of nitrogens with zero attached hydrogens (tertiary/aromatic N) is 1. The molecular formula is C12H17N3O. The summed E-state index contributed by atoms with van der Waals surface area (Å²) in [6, 6.07) is 3.86. The first-order valence-corrected chi connectivity index (χ1v) is 5.71. The van der Waals surface area contributed by atoms with Gasteiger partial charge < -0.3 is 10.6 Å². The van der Waals surface area contributed by atoms with Crippen LogP contribution in [0.15, 0.2) is 24.5 Å². The molecule has 86 valence electrons. The molecule has 0 radical (unpaired) electrons. The first-order valence-electron chi connectivity index (χ1n) is 5.71. The molecule has 1 aromatic heterocycles. The molecule has 1 fully saturated rings. The third-order valence-corrected chi connectivity index (χ3v) is 2.92. The van der Waals surface area contributed by atoms with E-state index in [0.717, 1.165) is 24.9 Å². The molecule has 1 amide bonds. The van der Waals surface area contributed by atoms with Crippen molar-refractivity contribution in [2.45, 2.75) is 31.8 Å². The van der Waals surface area contributed by atoms with Gasteiger partial charge in [0.25, 0.3) is 0 Å². The maximum absolute atomic E-state index is 11.8. The molecule has 2 unspecified atom stereocenters. The number of carbonyl (C=O) groups is 1. The Morgan fingerprint density at radius 3 is 3.19 bits per heavy atom. The number of pyridine rings is 1. The quantitative estimate of drug-likeness (QED) is 0.797. The summed E-state index contributed by atoms with van der Waals surface area (Å²) in [5.74, 6) is 0.0915. The molecule has 0 spiro atoms. The van der Waals surface area contributed by atoms with Gasteiger partial charge in [-0.15, -0.1) is 0 Å². The van der Waals surface area contributed by atoms with Crippen LogP contribution in [0, 0.1) is 0 Å². The van der Waals surface area contributed by atoms with Gasteiger partial charge in [-0.05, 0) is 37.9 Å². The van der Waals surface area contributed by atoms with Gasteiger partial charge in [-0.3, -0.25) is 9.78 Å². The molecule has 2 rings (SSSR count). The van der Waals surface area contributed by atoms with E-state index in [1.54, 1.807) is 12.4 Å². The van der Waals surface area contributed by atoms with Crippen LogP contribution >= 0.6 is 0 Å². The predicted molar refractivity (Wildman–Crippen MR) is 61.8 cm³/mol. The van der Waals surface area contributed by atoms with Crippen LogP contribution in [0.5, 0.6) is 0 Å². The molecule has 4 heteroatoms. The van der Waals surface area contributed by atoms with Crippen LogP contribution in [0.2, 0.25) is 0 Å². The average molecular weight is 219 g/mol. The van der Waals surface area contributed by atoms with E-state index in [1.807, 2.05) is 19.1 Å². The normalized spacial score (nSPS) is 21.7. The molecule has 0 saturated carbocycles. The summed E-state index contributed by atoms with van der Waals surface area (Å²) < 4.78 is 0. The molecule has 0 aliphatic carbocycles. The Morgan fingerprint density at radius 1 is 1.69 bits per heavy atom. The predicted octanol–water partition coefficient (Wildman–Crippen LogP) is 1.01. The van der Waals surface area contributed by atoms with Gasteiger partial charge in [0, 0.05) is 12.4 Å². The molecule has 16 heavy (non-hydrogen) atoms. The smallest absolute Gasteiger partial charge is 0.237 e. The van der Waals surface area contributed by atoms with Crippen molar-refractivity contribution in [2.24, 2.45) is 0 Å². The topological polar surface area (TPSA) is 54.0 Å². The average Bonchev–Trinajstić information content (AvgIpc) is 2.83. The van der Waals surface area contributed by atoms with Gasteiger partial charge in [-0.25, -0.2) is 0 Å². The van der Waals surface area contributed by atoms with Gasteiger partial charge >= 0.3 is 0 Å². The fourth-order valence-corrected chi connectivity index (χ4v) is 1.94. The number of carbonyl (C=O) groups excluding carboxylic acids is 1. The summed E-state index contributed by atoms with van der Waals surface area (Å²) >= 11 is 0. The lowest BCUT2D eigenvalue weighted by Gasteiger charge is -2.17. The number of hydrogen-bond donors (Lipinski definition) is 2. The second kappa shape index (κ2) is 5.07. The van der Waals surface area contributed by atoms with E-state index in [2.05, 4.69) is 15.6 Å². The monoisotopic (exact) mass is 219 g/mol. The minimum Gasteiger partial charge on any atom is -0.348 e. The largest absolute Gasteiger partial charge is 0.348 e. The zero-order valence-corrected chi connectivity index (χ0v) is 9.44. The van der Waals surface area contributed by atoms with E-state index in [1.165, 1.54) is 0 Å². The van der Waals surface area contributed by atoms with Crippen LogP contribution in [0.3, 0.4) is 0 Å². The standard InChI is InChI=1S/C12H17N3O/c1-9(10-4-2-6-13-8-10)15-12(16)11-5-3-7-14-11/h2,4,6,8-9,11,14H,3,5,7H2,1H3,(H,15,16). The zero-order chi connectivity index (χ0) is 11.4. The highest BCUT2D eigenvalue weighted by atomic mass is 16.2. The molecule has 1 aliphatic rings. The Hall–Kier alpha value is -1.42. The van der Waals surface area contributed by atoms with Crippen LogP contribution in [0.25, 0.3) is 0 Å². The SMILES string of the molecule is CC(NC(=O)C1CCCN1)c1cccnc1. The van der Waals surface area contributed by atoms with Crippen LogP contribution < -0.4 is 10.6 Å². The van der Waals surface area contributed by atoms with Crippen LogP contribution in [-0.2, 0) is 4.79 Å². The summed E-state index contributed by atoms with van der Waals surface area (Å²) in [5.41, 5.74) is 1.04. The van der Waals surface area contributed by atoms with Crippen molar-refractivity contribution < 1.29 is 4.79 Å². The summed E-state index contributed by atoms with van der Waals surface area (Å²) in [7, 11) is 0. The first-order chi connectivity index (χ1) is 7.77. The molecule has 1 saturated heterocycles. The van der Waals surface area contributed by atoms with E-state index in [4.69, 9.17) is 0 Å². The molecule has 1 aromatic rings. The van der Waals surface area contributed by atoms with Gasteiger partial charge in [0.15, 0.2) is 0 Å². The first kappa shape index (κ1) is 11.1. The molecule has 2 heterocycles. The second-order valence-electron chi connectivity index (χ2n) is 4.17. The summed E-state index contributed by atoms with van der Waals surface area (Å²) in [6.45, 7) is 2.92. The maximum atomic E-state index is 11.8. The highest BCUT2D eigenvalue weighted by Gasteiger charge is 2.23. The van der Waals surface area contributed by atoms with E-state index in [9.17, 15) is 4.79 Å². The van der Waals surface area contributed by atoms with Crippen LogP contribution in [-0.4, -0.2) is 23.5 Å². The third-order valence-electron chi connectivity index (χ3n) is 2.92. The highest BCUT2D eigenvalue weighted by Crippen LogP contribution is 2.12. The lowest BCUT2D eigenvalue weighted by molar-refractivity contribution is -0.123. The lowest BCUT2D eigenvalue weighted by atomic mass is 10.1. The van der Waals surface area contributed by atoms with Crippen molar-refractivity contribution in [3.05, 3.63) is 30.1 Å². The van der Waals surface area contributed by atoms with E-state index in [-0.39, 0.29) is 18.0 Å². The van der Waals surface area contributed by atoms with Crippen molar-refractivity contribution in [3.63, 3.8) is 0 Å². The molecule has 1 aliphatic heterocycles. The van der Waals surface area contributed by atoms with Crippen molar-refractivity contribution in [3.8, 4) is 0 Å². The van der Waals surface area contributed by atoms with Gasteiger partial charge in [-0.2, -0.15) is 0 Å². The number of nitrogens with one attached hydrogen (secondary N) is 2. The number of aromatic nitrogens is 1. The Bertz CT molecular complexity index is 347. The van der Waals surface area contributed by atoms with Crippen LogP contribution in [0.1, 0.15) is 31.4 Å². The molecule has 2 atom stereocenters. The number of rotatable bonds is 3. The third kappa shape index (κ3) is 2.58. The minimum atomic E-state index is -0.0147. The second-order valence-corrected chi connectivity index (χ2v) is 4.17. The van der Waals surface area contributed by atoms with E-state index >= 15 is 0 Å². The lowest BCUT2D eigenvalue weighted by Crippen LogP contribution is -2.41. The molecule has 2 N–H and O–H groups in total. The highest BCUT2D eigenvalue weighted by molar-refractivity contribution is 5.82. The van der Waals surface area contributed by atoms with Crippen LogP contribution in [0.4, 0.5) is 0 Å². The summed E-state index contributed by atoms with van der Waals surface area (Å²) in [5, 5.41) is 6.18. The Labute approximate surface area is 95.5 Å². The summed E-state index contributed by atoms with van der Waals surface area (Å²) in [6.07, 6.45) is 5.54. The van der Waals surface area contributed by atoms with Crippen molar-refractivity contribution >= 4 is 5.91 Å². The van der Waals surface area contributed by atoms with E-state index in [0.29, 0.717) is 0 Å². The Balaban J connectivity index is 1.92. The van der Waals surface area contributed by atoms with Gasteiger partial charge in [0.1, 0.15) is 0 Å². The van der Waals surface area contributed by atoms with Gasteiger partial charge in [0.05, 0.1) is 12.1 Å². The van der Waals surface area contributed by atoms with Crippen molar-refractivity contribution in [2.75, 3.05) is 6.54 Å². The number of hydrogen-bond acceptors (Lipinski definition) is 3. The Kier molecular flexibility index (Phi) is 3.51. The van der Waals surface area contributed by atoms with Crippen molar-refractivity contribution in [1.82, 2.24) is 15.6 Å². The zero-order valence-electron chi connectivity index (χ0n) is 9.44. The summed E-state index contributed by atoms with van der Waals surface area (Å²) in [4.78, 5) is 15.9. The fourth-order valence-electron chi connectivity index (χ4n) is 1.94. The fraction of sp³-hybridized carbons (Fsp3) is 0.500. The number of amides is 1. The molecular weight excluding hydrogens is 202 g/mol. The molecule has 0 aromatic carbocycles. The maximum Gasteiger partial charge on any atom is 0.237 e.